The molecule has 1 aliphatic carbocycles. The van der Waals surface area contributed by atoms with E-state index in [-0.39, 0.29) is 0 Å². The Bertz CT molecular complexity index is 700. The van der Waals surface area contributed by atoms with Gasteiger partial charge in [-0.25, -0.2) is 0 Å². The number of rotatable bonds is 5. The third kappa shape index (κ3) is 2.38. The monoisotopic (exact) mass is 304 g/mol. The van der Waals surface area contributed by atoms with E-state index in [4.69, 9.17) is 4.52 Å². The van der Waals surface area contributed by atoms with Gasteiger partial charge < -0.3 is 9.09 Å². The summed E-state index contributed by atoms with van der Waals surface area (Å²) in [7, 11) is 0. The van der Waals surface area contributed by atoms with Crippen LogP contribution in [0.4, 0.5) is 0 Å². The molecule has 1 aliphatic rings. The van der Waals surface area contributed by atoms with E-state index in [1.165, 1.54) is 12.8 Å². The van der Waals surface area contributed by atoms with Crippen LogP contribution in [0.25, 0.3) is 10.6 Å². The molecule has 3 heterocycles. The van der Waals surface area contributed by atoms with Crippen LogP contribution >= 0.6 is 23.1 Å². The van der Waals surface area contributed by atoms with Gasteiger partial charge in [-0.1, -0.05) is 23.0 Å². The molecule has 1 fully saturated rings. The quantitative estimate of drug-likeness (QED) is 0.674. The van der Waals surface area contributed by atoms with Crippen molar-refractivity contribution in [2.24, 2.45) is 0 Å². The van der Waals surface area contributed by atoms with E-state index in [1.54, 1.807) is 23.1 Å². The van der Waals surface area contributed by atoms with E-state index in [9.17, 15) is 0 Å². The molecule has 7 heteroatoms. The Hall–Kier alpha value is -1.60. The van der Waals surface area contributed by atoms with Crippen molar-refractivity contribution < 1.29 is 4.52 Å². The molecule has 0 aromatic carbocycles. The Kier molecular flexibility index (Phi) is 3.08. The summed E-state index contributed by atoms with van der Waals surface area (Å²) in [5.41, 5.74) is 0.934. The molecule has 0 unspecified atom stereocenters. The van der Waals surface area contributed by atoms with Crippen molar-refractivity contribution in [3.05, 3.63) is 35.6 Å². The molecule has 102 valence electrons. The zero-order valence-electron chi connectivity index (χ0n) is 10.6. The lowest BCUT2D eigenvalue weighted by Gasteiger charge is -2.01. The fraction of sp³-hybridized carbons (Fsp3) is 0.308. The minimum atomic E-state index is 0.603. The largest absolute Gasteiger partial charge is 0.355 e. The summed E-state index contributed by atoms with van der Waals surface area (Å²) in [6.45, 7) is 0. The first-order valence-electron chi connectivity index (χ1n) is 6.42. The summed E-state index contributed by atoms with van der Waals surface area (Å²) in [4.78, 5) is 1.11. The van der Waals surface area contributed by atoms with Gasteiger partial charge in [0, 0.05) is 17.9 Å². The normalized spacial score (nSPS) is 14.8. The third-order valence-corrected chi connectivity index (χ3v) is 5.03. The van der Waals surface area contributed by atoms with Crippen LogP contribution < -0.4 is 0 Å². The smallest absolute Gasteiger partial charge is 0.191 e. The summed E-state index contributed by atoms with van der Waals surface area (Å²) in [5, 5.41) is 15.3. The fourth-order valence-electron chi connectivity index (χ4n) is 1.99. The maximum Gasteiger partial charge on any atom is 0.191 e. The molecule has 4 rings (SSSR count). The number of hydrogen-bond donors (Lipinski definition) is 0. The summed E-state index contributed by atoms with van der Waals surface area (Å²) >= 11 is 3.31. The lowest BCUT2D eigenvalue weighted by atomic mass is 10.3. The van der Waals surface area contributed by atoms with Gasteiger partial charge in [-0.3, -0.25) is 0 Å². The molecule has 0 spiro atoms. The van der Waals surface area contributed by atoms with Gasteiger partial charge in [-0.05, 0) is 24.3 Å². The molecule has 3 aromatic heterocycles. The van der Waals surface area contributed by atoms with Crippen LogP contribution in [0.15, 0.2) is 39.6 Å². The van der Waals surface area contributed by atoms with Gasteiger partial charge >= 0.3 is 0 Å². The van der Waals surface area contributed by atoms with E-state index in [1.807, 2.05) is 29.9 Å². The predicted molar refractivity (Wildman–Crippen MR) is 77.7 cm³/mol. The van der Waals surface area contributed by atoms with E-state index >= 15 is 0 Å². The molecule has 0 saturated heterocycles. The molecule has 0 aliphatic heterocycles. The van der Waals surface area contributed by atoms with Gasteiger partial charge in [-0.2, -0.15) is 0 Å². The zero-order valence-corrected chi connectivity index (χ0v) is 12.2. The third-order valence-electron chi connectivity index (χ3n) is 3.15. The number of thiophene rings is 1. The van der Waals surface area contributed by atoms with Gasteiger partial charge in [0.2, 0.25) is 0 Å². The molecule has 1 saturated carbocycles. The van der Waals surface area contributed by atoms with Crippen molar-refractivity contribution in [3.63, 3.8) is 0 Å². The molecule has 20 heavy (non-hydrogen) atoms. The molecular formula is C13H12N4OS2. The lowest BCUT2D eigenvalue weighted by molar-refractivity contribution is 0.427. The number of hydrogen-bond acceptors (Lipinski definition) is 6. The average molecular weight is 304 g/mol. The second-order valence-electron chi connectivity index (χ2n) is 4.70. The second-order valence-corrected chi connectivity index (χ2v) is 6.59. The Morgan fingerprint density at radius 3 is 3.20 bits per heavy atom. The highest BCUT2D eigenvalue weighted by Gasteiger charge is 2.26. The Morgan fingerprint density at radius 2 is 2.40 bits per heavy atom. The van der Waals surface area contributed by atoms with Crippen LogP contribution in [0.3, 0.4) is 0 Å². The zero-order chi connectivity index (χ0) is 13.4. The standard InChI is InChI=1S/C13H12N4OS2/c1-2-12(19-5-1)11-6-9(16-18-11)7-20-13-15-14-8-17(13)10-3-4-10/h1-2,5-6,8,10H,3-4,7H2. The van der Waals surface area contributed by atoms with Crippen LogP contribution in [0.5, 0.6) is 0 Å². The van der Waals surface area contributed by atoms with Crippen molar-refractivity contribution in [2.45, 2.75) is 29.8 Å². The number of thioether (sulfide) groups is 1. The van der Waals surface area contributed by atoms with E-state index in [0.29, 0.717) is 6.04 Å². The number of nitrogens with zero attached hydrogens (tertiary/aromatic N) is 4. The molecule has 3 aromatic rings. The first kappa shape index (κ1) is 12.2. The van der Waals surface area contributed by atoms with Gasteiger partial charge in [-0.15, -0.1) is 21.5 Å². The summed E-state index contributed by atoms with van der Waals surface area (Å²) < 4.78 is 7.53. The average Bonchev–Trinajstić information content (AvgIpc) is 2.93. The first-order valence-corrected chi connectivity index (χ1v) is 8.28. The van der Waals surface area contributed by atoms with Gasteiger partial charge in [0.15, 0.2) is 10.9 Å². The van der Waals surface area contributed by atoms with Crippen molar-refractivity contribution in [2.75, 3.05) is 0 Å². The maximum atomic E-state index is 5.37. The molecule has 0 bridgehead atoms. The van der Waals surface area contributed by atoms with Gasteiger partial charge in [0.1, 0.15) is 6.33 Å². The highest BCUT2D eigenvalue weighted by atomic mass is 32.2. The first-order chi connectivity index (χ1) is 9.90. The summed E-state index contributed by atoms with van der Waals surface area (Å²) in [5.74, 6) is 1.58. The Morgan fingerprint density at radius 1 is 1.45 bits per heavy atom. The van der Waals surface area contributed by atoms with Crippen LogP contribution in [0.1, 0.15) is 24.6 Å². The molecule has 0 amide bonds. The summed E-state index contributed by atoms with van der Waals surface area (Å²) in [6, 6.07) is 6.64. The van der Waals surface area contributed by atoms with Crippen molar-refractivity contribution in [3.8, 4) is 10.6 Å². The van der Waals surface area contributed by atoms with Crippen molar-refractivity contribution in [1.82, 2.24) is 19.9 Å². The maximum absolute atomic E-state index is 5.37. The minimum Gasteiger partial charge on any atom is -0.355 e. The molecule has 5 nitrogen and oxygen atoms in total. The highest BCUT2D eigenvalue weighted by molar-refractivity contribution is 7.98. The van der Waals surface area contributed by atoms with E-state index < -0.39 is 0 Å². The van der Waals surface area contributed by atoms with Crippen LogP contribution in [-0.4, -0.2) is 19.9 Å². The molecule has 0 radical (unpaired) electrons. The van der Waals surface area contributed by atoms with Crippen molar-refractivity contribution >= 4 is 23.1 Å². The van der Waals surface area contributed by atoms with Gasteiger partial charge in [0.25, 0.3) is 0 Å². The van der Waals surface area contributed by atoms with Crippen LogP contribution in [0.2, 0.25) is 0 Å². The van der Waals surface area contributed by atoms with Crippen LogP contribution in [-0.2, 0) is 5.75 Å². The second kappa shape index (κ2) is 5.06. The SMILES string of the molecule is c1csc(-c2cc(CSc3nncn3C3CC3)no2)c1. The predicted octanol–water partition coefficient (Wildman–Crippen LogP) is 3.62. The molecule has 0 N–H and O–H groups in total. The van der Waals surface area contributed by atoms with Gasteiger partial charge in [0.05, 0.1) is 10.6 Å². The highest BCUT2D eigenvalue weighted by Crippen LogP contribution is 2.37. The van der Waals surface area contributed by atoms with E-state index in [0.717, 1.165) is 27.2 Å². The van der Waals surface area contributed by atoms with Crippen LogP contribution in [0, 0.1) is 0 Å². The topological polar surface area (TPSA) is 56.7 Å². The fourth-order valence-corrected chi connectivity index (χ4v) is 3.53. The minimum absolute atomic E-state index is 0.603. The lowest BCUT2D eigenvalue weighted by Crippen LogP contribution is -1.94. The molecular weight excluding hydrogens is 292 g/mol. The Labute approximate surface area is 124 Å². The summed E-state index contributed by atoms with van der Waals surface area (Å²) in [6.07, 6.45) is 4.29. The van der Waals surface area contributed by atoms with E-state index in [2.05, 4.69) is 19.9 Å². The number of aromatic nitrogens is 4. The Balaban J connectivity index is 1.45. The van der Waals surface area contributed by atoms with Crippen molar-refractivity contribution in [1.29, 1.82) is 0 Å². The molecule has 0 atom stereocenters.